The largest absolute Gasteiger partial charge is 0.480 e. The maximum Gasteiger partial charge on any atom is 0.325 e. The van der Waals surface area contributed by atoms with E-state index in [0.29, 0.717) is 18.4 Å². The number of nitrogens with zero attached hydrogens (tertiary/aromatic N) is 1. The molecule has 1 N–H and O–H groups in total. The van der Waals surface area contributed by atoms with Gasteiger partial charge in [0.1, 0.15) is 5.54 Å². The third-order valence-electron chi connectivity index (χ3n) is 4.43. The lowest BCUT2D eigenvalue weighted by Crippen LogP contribution is -2.47. The van der Waals surface area contributed by atoms with Gasteiger partial charge in [-0.25, -0.2) is 8.42 Å². The zero-order valence-electron chi connectivity index (χ0n) is 13.3. The minimum absolute atomic E-state index is 0.123. The molecular weight excluding hydrogens is 326 g/mol. The summed E-state index contributed by atoms with van der Waals surface area (Å²) in [6.07, 6.45) is 0.700. The molecular formula is C18H19NO4S. The van der Waals surface area contributed by atoms with Gasteiger partial charge in [0, 0.05) is 12.1 Å². The molecule has 0 heterocycles. The first-order chi connectivity index (χ1) is 11.4. The first-order valence-corrected chi connectivity index (χ1v) is 9.28. The van der Waals surface area contributed by atoms with Crippen LogP contribution in [0, 0.1) is 0 Å². The Morgan fingerprint density at radius 1 is 1.08 bits per heavy atom. The lowest BCUT2D eigenvalue weighted by Gasteiger charge is -2.27. The highest BCUT2D eigenvalue weighted by atomic mass is 32.2. The van der Waals surface area contributed by atoms with Crippen molar-refractivity contribution >= 4 is 16.0 Å². The molecule has 2 aromatic rings. The van der Waals surface area contributed by atoms with E-state index in [-0.39, 0.29) is 11.4 Å². The molecule has 5 nitrogen and oxygen atoms in total. The van der Waals surface area contributed by atoms with Gasteiger partial charge in [-0.2, -0.15) is 4.31 Å². The number of carboxylic acid groups (broad SMARTS) is 1. The summed E-state index contributed by atoms with van der Waals surface area (Å²) in [7, 11) is -3.92. The lowest BCUT2D eigenvalue weighted by atomic mass is 10.1. The quantitative estimate of drug-likeness (QED) is 0.873. The molecule has 126 valence electrons. The van der Waals surface area contributed by atoms with E-state index in [0.717, 1.165) is 9.87 Å². The molecule has 0 amide bonds. The standard InChI is InChI=1S/C18H19NO4S/c1-2-19(18(12-13-18)17(20)21)24(22,23)16-11-7-6-10-15(16)14-8-4-3-5-9-14/h3-11H,2,12-13H2,1H3,(H,20,21). The molecule has 3 rings (SSSR count). The highest BCUT2D eigenvalue weighted by molar-refractivity contribution is 7.89. The molecule has 0 spiro atoms. The first kappa shape index (κ1) is 16.7. The van der Waals surface area contributed by atoms with E-state index in [2.05, 4.69) is 0 Å². The molecule has 0 radical (unpaired) electrons. The number of sulfonamides is 1. The molecule has 24 heavy (non-hydrogen) atoms. The number of rotatable bonds is 6. The van der Waals surface area contributed by atoms with Gasteiger partial charge in [-0.05, 0) is 24.5 Å². The molecule has 1 aliphatic carbocycles. The van der Waals surface area contributed by atoms with Crippen molar-refractivity contribution in [3.8, 4) is 11.1 Å². The predicted octanol–water partition coefficient (Wildman–Crippen LogP) is 2.98. The second-order valence-corrected chi connectivity index (χ2v) is 7.70. The Kier molecular flexibility index (Phi) is 4.19. The van der Waals surface area contributed by atoms with Crippen LogP contribution in [0.2, 0.25) is 0 Å². The van der Waals surface area contributed by atoms with E-state index in [1.807, 2.05) is 30.3 Å². The summed E-state index contributed by atoms with van der Waals surface area (Å²) in [5.74, 6) is -1.08. The van der Waals surface area contributed by atoms with Crippen molar-refractivity contribution in [3.63, 3.8) is 0 Å². The Morgan fingerprint density at radius 2 is 1.67 bits per heavy atom. The summed E-state index contributed by atoms with van der Waals surface area (Å²) in [6, 6.07) is 16.0. The van der Waals surface area contributed by atoms with E-state index in [9.17, 15) is 18.3 Å². The normalized spacial score (nSPS) is 16.1. The third kappa shape index (κ3) is 2.61. The summed E-state index contributed by atoms with van der Waals surface area (Å²) in [5.41, 5.74) is 0.0721. The highest BCUT2D eigenvalue weighted by Crippen LogP contribution is 2.45. The minimum Gasteiger partial charge on any atom is -0.480 e. The maximum atomic E-state index is 13.2. The van der Waals surface area contributed by atoms with Crippen molar-refractivity contribution < 1.29 is 18.3 Å². The molecule has 0 aromatic heterocycles. The summed E-state index contributed by atoms with van der Waals surface area (Å²) in [4.78, 5) is 11.8. The van der Waals surface area contributed by atoms with Gasteiger partial charge in [0.2, 0.25) is 10.0 Å². The van der Waals surface area contributed by atoms with E-state index in [4.69, 9.17) is 0 Å². The van der Waals surface area contributed by atoms with Gasteiger partial charge in [-0.1, -0.05) is 55.5 Å². The van der Waals surface area contributed by atoms with Crippen LogP contribution in [-0.2, 0) is 14.8 Å². The summed E-state index contributed by atoms with van der Waals surface area (Å²) in [6.45, 7) is 1.80. The SMILES string of the molecule is CCN(C1(C(=O)O)CC1)S(=O)(=O)c1ccccc1-c1ccccc1. The Labute approximate surface area is 141 Å². The fourth-order valence-corrected chi connectivity index (χ4v) is 5.07. The van der Waals surface area contributed by atoms with Crippen molar-refractivity contribution in [2.75, 3.05) is 6.54 Å². The van der Waals surface area contributed by atoms with Crippen LogP contribution in [0.15, 0.2) is 59.5 Å². The lowest BCUT2D eigenvalue weighted by molar-refractivity contribution is -0.143. The van der Waals surface area contributed by atoms with Crippen LogP contribution in [0.3, 0.4) is 0 Å². The summed E-state index contributed by atoms with van der Waals surface area (Å²) < 4.78 is 27.6. The number of likely N-dealkylation sites (N-methyl/N-ethyl adjacent to an activating group) is 1. The van der Waals surface area contributed by atoms with Gasteiger partial charge in [-0.15, -0.1) is 0 Å². The van der Waals surface area contributed by atoms with Gasteiger partial charge in [0.15, 0.2) is 0 Å². The number of carbonyl (C=O) groups is 1. The average Bonchev–Trinajstić information content (AvgIpc) is 3.38. The molecule has 6 heteroatoms. The predicted molar refractivity (Wildman–Crippen MR) is 91.0 cm³/mol. The van der Waals surface area contributed by atoms with Crippen LogP contribution in [-0.4, -0.2) is 35.9 Å². The fraction of sp³-hybridized carbons (Fsp3) is 0.278. The average molecular weight is 345 g/mol. The van der Waals surface area contributed by atoms with Gasteiger partial charge in [0.05, 0.1) is 4.90 Å². The second-order valence-electron chi connectivity index (χ2n) is 5.87. The monoisotopic (exact) mass is 345 g/mol. The Hall–Kier alpha value is -2.18. The second kappa shape index (κ2) is 6.03. The number of hydrogen-bond acceptors (Lipinski definition) is 3. The Bertz CT molecular complexity index is 858. The van der Waals surface area contributed by atoms with Crippen molar-refractivity contribution in [1.82, 2.24) is 4.31 Å². The molecule has 1 saturated carbocycles. The van der Waals surface area contributed by atoms with Crippen molar-refractivity contribution in [1.29, 1.82) is 0 Å². The molecule has 0 bridgehead atoms. The molecule has 0 atom stereocenters. The fourth-order valence-electron chi connectivity index (χ4n) is 3.06. The Balaban J connectivity index is 2.13. The van der Waals surface area contributed by atoms with Crippen molar-refractivity contribution in [3.05, 3.63) is 54.6 Å². The number of hydrogen-bond donors (Lipinski definition) is 1. The first-order valence-electron chi connectivity index (χ1n) is 7.84. The van der Waals surface area contributed by atoms with Crippen LogP contribution in [0.5, 0.6) is 0 Å². The van der Waals surface area contributed by atoms with E-state index in [1.54, 1.807) is 25.1 Å². The van der Waals surface area contributed by atoms with Gasteiger partial charge in [-0.3, -0.25) is 4.79 Å². The number of carboxylic acids is 1. The van der Waals surface area contributed by atoms with E-state index < -0.39 is 21.5 Å². The zero-order chi connectivity index (χ0) is 17.4. The topological polar surface area (TPSA) is 74.7 Å². The van der Waals surface area contributed by atoms with Crippen LogP contribution in [0.1, 0.15) is 19.8 Å². The zero-order valence-corrected chi connectivity index (χ0v) is 14.2. The number of benzene rings is 2. The molecule has 0 unspecified atom stereocenters. The smallest absolute Gasteiger partial charge is 0.325 e. The molecule has 1 fully saturated rings. The van der Waals surface area contributed by atoms with Gasteiger partial charge in [0.25, 0.3) is 0 Å². The van der Waals surface area contributed by atoms with Gasteiger partial charge < -0.3 is 5.11 Å². The minimum atomic E-state index is -3.92. The van der Waals surface area contributed by atoms with Crippen LogP contribution in [0.4, 0.5) is 0 Å². The molecule has 0 aliphatic heterocycles. The van der Waals surface area contributed by atoms with Crippen LogP contribution in [0.25, 0.3) is 11.1 Å². The molecule has 0 saturated heterocycles. The van der Waals surface area contributed by atoms with Crippen molar-refractivity contribution in [2.45, 2.75) is 30.2 Å². The third-order valence-corrected chi connectivity index (χ3v) is 6.53. The van der Waals surface area contributed by atoms with Gasteiger partial charge >= 0.3 is 5.97 Å². The van der Waals surface area contributed by atoms with Crippen molar-refractivity contribution in [2.24, 2.45) is 0 Å². The highest BCUT2D eigenvalue weighted by Gasteiger charge is 2.59. The Morgan fingerprint density at radius 3 is 2.21 bits per heavy atom. The summed E-state index contributed by atoms with van der Waals surface area (Å²) >= 11 is 0. The van der Waals surface area contributed by atoms with E-state index in [1.165, 1.54) is 6.07 Å². The van der Waals surface area contributed by atoms with Crippen LogP contribution >= 0.6 is 0 Å². The van der Waals surface area contributed by atoms with Crippen LogP contribution < -0.4 is 0 Å². The molecule has 1 aliphatic rings. The summed E-state index contributed by atoms with van der Waals surface area (Å²) in [5, 5.41) is 9.50. The molecule has 2 aromatic carbocycles. The maximum absolute atomic E-state index is 13.2. The number of aliphatic carboxylic acids is 1. The van der Waals surface area contributed by atoms with E-state index >= 15 is 0 Å².